The standard InChI is InChI=1S/C17H28N4OS/c1-22-12-11-19-17(20-14-8-4-3-7-13(14)18)21-15-9-5-6-10-16(15)23-2/h5-6,9-10,13-14H,3-4,7-8,11-12,18H2,1-2H3,(H2,19,20,21)/t13-,14-/m0/s1. The number of hydrogen-bond donors (Lipinski definition) is 3. The van der Waals surface area contributed by atoms with Crippen LogP contribution in [0.25, 0.3) is 0 Å². The summed E-state index contributed by atoms with van der Waals surface area (Å²) in [4.78, 5) is 5.81. The molecule has 0 aromatic heterocycles. The number of methoxy groups -OCH3 is 1. The Morgan fingerprint density at radius 1 is 1.35 bits per heavy atom. The summed E-state index contributed by atoms with van der Waals surface area (Å²) in [7, 11) is 1.69. The summed E-state index contributed by atoms with van der Waals surface area (Å²) in [6.07, 6.45) is 6.68. The Morgan fingerprint density at radius 2 is 2.13 bits per heavy atom. The molecule has 128 valence electrons. The number of aliphatic imine (C=N–C) groups is 1. The predicted octanol–water partition coefficient (Wildman–Crippen LogP) is 2.68. The Hall–Kier alpha value is -1.24. The maximum Gasteiger partial charge on any atom is 0.196 e. The van der Waals surface area contributed by atoms with Crippen LogP contribution in [0, 0.1) is 0 Å². The second-order valence-electron chi connectivity index (χ2n) is 5.75. The number of para-hydroxylation sites is 1. The molecule has 0 saturated heterocycles. The maximum atomic E-state index is 6.26. The van der Waals surface area contributed by atoms with Gasteiger partial charge in [0, 0.05) is 24.1 Å². The molecule has 0 bridgehead atoms. The molecule has 0 aliphatic heterocycles. The third-order valence-corrected chi connectivity index (χ3v) is 4.86. The third-order valence-electron chi connectivity index (χ3n) is 4.07. The van der Waals surface area contributed by atoms with Gasteiger partial charge in [-0.2, -0.15) is 0 Å². The SMILES string of the molecule is COCCN=C(Nc1ccccc1SC)N[C@H]1CCCC[C@@H]1N. The highest BCUT2D eigenvalue weighted by atomic mass is 32.2. The van der Waals surface area contributed by atoms with E-state index in [1.165, 1.54) is 17.7 Å². The van der Waals surface area contributed by atoms with Crippen LogP contribution in [0.4, 0.5) is 5.69 Å². The van der Waals surface area contributed by atoms with Gasteiger partial charge in [0.2, 0.25) is 0 Å². The second kappa shape index (κ2) is 9.80. The minimum Gasteiger partial charge on any atom is -0.383 e. The van der Waals surface area contributed by atoms with E-state index in [0.717, 1.165) is 24.5 Å². The molecule has 1 fully saturated rings. The zero-order valence-electron chi connectivity index (χ0n) is 14.0. The highest BCUT2D eigenvalue weighted by Crippen LogP contribution is 2.24. The Labute approximate surface area is 143 Å². The fraction of sp³-hybridized carbons (Fsp3) is 0.588. The minimum absolute atomic E-state index is 0.189. The van der Waals surface area contributed by atoms with E-state index in [1.54, 1.807) is 18.9 Å². The fourth-order valence-corrected chi connectivity index (χ4v) is 3.31. The summed E-state index contributed by atoms with van der Waals surface area (Å²) in [5.74, 6) is 0.783. The first-order valence-electron chi connectivity index (χ1n) is 8.20. The molecular formula is C17H28N4OS. The molecule has 0 unspecified atom stereocenters. The molecule has 2 atom stereocenters. The lowest BCUT2D eigenvalue weighted by Gasteiger charge is -2.30. The highest BCUT2D eigenvalue weighted by molar-refractivity contribution is 7.98. The first-order chi connectivity index (χ1) is 11.2. The van der Waals surface area contributed by atoms with Crippen molar-refractivity contribution in [1.29, 1.82) is 0 Å². The average Bonchev–Trinajstić information content (AvgIpc) is 2.57. The topological polar surface area (TPSA) is 71.7 Å². The number of benzene rings is 1. The first kappa shape index (κ1) is 18.1. The molecule has 1 aromatic rings. The lowest BCUT2D eigenvalue weighted by Crippen LogP contribution is -2.51. The summed E-state index contributed by atoms with van der Waals surface area (Å²) < 4.78 is 5.11. The molecule has 0 heterocycles. The van der Waals surface area contributed by atoms with Crippen molar-refractivity contribution in [2.75, 3.05) is 31.8 Å². The summed E-state index contributed by atoms with van der Waals surface area (Å²) in [6.45, 7) is 1.23. The zero-order valence-corrected chi connectivity index (χ0v) is 14.9. The first-order valence-corrected chi connectivity index (χ1v) is 9.42. The summed E-state index contributed by atoms with van der Waals surface area (Å²) in [5.41, 5.74) is 7.32. The van der Waals surface area contributed by atoms with Crippen LogP contribution in [0.5, 0.6) is 0 Å². The van der Waals surface area contributed by atoms with E-state index in [-0.39, 0.29) is 12.1 Å². The average molecular weight is 337 g/mol. The van der Waals surface area contributed by atoms with Gasteiger partial charge in [0.25, 0.3) is 0 Å². The number of anilines is 1. The molecule has 0 amide bonds. The maximum absolute atomic E-state index is 6.26. The van der Waals surface area contributed by atoms with Gasteiger partial charge in [-0.05, 0) is 31.2 Å². The second-order valence-corrected chi connectivity index (χ2v) is 6.60. The van der Waals surface area contributed by atoms with Gasteiger partial charge in [0.05, 0.1) is 18.8 Å². The van der Waals surface area contributed by atoms with E-state index < -0.39 is 0 Å². The quantitative estimate of drug-likeness (QED) is 0.322. The van der Waals surface area contributed by atoms with E-state index in [2.05, 4.69) is 34.0 Å². The van der Waals surface area contributed by atoms with Crippen LogP contribution in [0.2, 0.25) is 0 Å². The molecule has 1 aliphatic rings. The molecule has 4 N–H and O–H groups in total. The normalized spacial score (nSPS) is 22.0. The van der Waals surface area contributed by atoms with Gasteiger partial charge >= 0.3 is 0 Å². The van der Waals surface area contributed by atoms with Gasteiger partial charge in [0.15, 0.2) is 5.96 Å². The zero-order chi connectivity index (χ0) is 16.5. The van der Waals surface area contributed by atoms with Crippen LogP contribution in [0.15, 0.2) is 34.2 Å². The number of thioether (sulfide) groups is 1. The molecule has 0 radical (unpaired) electrons. The monoisotopic (exact) mass is 336 g/mol. The number of nitrogens with two attached hydrogens (primary N) is 1. The number of rotatable bonds is 6. The van der Waals surface area contributed by atoms with Gasteiger partial charge < -0.3 is 21.1 Å². The van der Waals surface area contributed by atoms with Gasteiger partial charge in [-0.3, -0.25) is 4.99 Å². The number of nitrogens with one attached hydrogen (secondary N) is 2. The van der Waals surface area contributed by atoms with Gasteiger partial charge in [0.1, 0.15) is 0 Å². The lowest BCUT2D eigenvalue weighted by atomic mass is 9.91. The number of guanidine groups is 1. The van der Waals surface area contributed by atoms with E-state index in [1.807, 2.05) is 12.1 Å². The van der Waals surface area contributed by atoms with Gasteiger partial charge in [-0.1, -0.05) is 25.0 Å². The van der Waals surface area contributed by atoms with Gasteiger partial charge in [-0.15, -0.1) is 11.8 Å². The predicted molar refractivity (Wildman–Crippen MR) is 99.4 cm³/mol. The van der Waals surface area contributed by atoms with E-state index in [0.29, 0.717) is 13.2 Å². The Morgan fingerprint density at radius 3 is 2.87 bits per heavy atom. The van der Waals surface area contributed by atoms with Crippen molar-refractivity contribution in [1.82, 2.24) is 5.32 Å². The van der Waals surface area contributed by atoms with E-state index >= 15 is 0 Å². The Kier molecular flexibility index (Phi) is 7.71. The van der Waals surface area contributed by atoms with Crippen molar-refractivity contribution >= 4 is 23.4 Å². The van der Waals surface area contributed by atoms with Crippen LogP contribution in [0.3, 0.4) is 0 Å². The largest absolute Gasteiger partial charge is 0.383 e. The molecule has 5 nitrogen and oxygen atoms in total. The molecule has 6 heteroatoms. The van der Waals surface area contributed by atoms with Crippen LogP contribution in [0.1, 0.15) is 25.7 Å². The summed E-state index contributed by atoms with van der Waals surface area (Å²) in [6, 6.07) is 8.71. The highest BCUT2D eigenvalue weighted by Gasteiger charge is 2.22. The third kappa shape index (κ3) is 5.71. The summed E-state index contributed by atoms with van der Waals surface area (Å²) in [5, 5.41) is 6.95. The van der Waals surface area contributed by atoms with Crippen molar-refractivity contribution in [3.05, 3.63) is 24.3 Å². The van der Waals surface area contributed by atoms with Crippen molar-refractivity contribution in [3.8, 4) is 0 Å². The van der Waals surface area contributed by atoms with Crippen molar-refractivity contribution in [2.24, 2.45) is 10.7 Å². The Balaban J connectivity index is 2.08. The fourth-order valence-electron chi connectivity index (χ4n) is 2.76. The molecule has 23 heavy (non-hydrogen) atoms. The number of nitrogens with zero attached hydrogens (tertiary/aromatic N) is 1. The van der Waals surface area contributed by atoms with Gasteiger partial charge in [-0.25, -0.2) is 0 Å². The molecule has 2 rings (SSSR count). The van der Waals surface area contributed by atoms with E-state index in [9.17, 15) is 0 Å². The number of hydrogen-bond acceptors (Lipinski definition) is 4. The molecule has 0 spiro atoms. The molecule has 1 saturated carbocycles. The minimum atomic E-state index is 0.189. The molecular weight excluding hydrogens is 308 g/mol. The van der Waals surface area contributed by atoms with Crippen LogP contribution >= 0.6 is 11.8 Å². The van der Waals surface area contributed by atoms with Crippen LogP contribution < -0.4 is 16.4 Å². The number of ether oxygens (including phenoxy) is 1. The molecule has 1 aromatic carbocycles. The lowest BCUT2D eigenvalue weighted by molar-refractivity contribution is 0.208. The Bertz CT molecular complexity index is 509. The van der Waals surface area contributed by atoms with Crippen molar-refractivity contribution in [3.63, 3.8) is 0 Å². The van der Waals surface area contributed by atoms with Crippen LogP contribution in [-0.4, -0.2) is 44.6 Å². The smallest absolute Gasteiger partial charge is 0.196 e. The van der Waals surface area contributed by atoms with Crippen molar-refractivity contribution in [2.45, 2.75) is 42.7 Å². The van der Waals surface area contributed by atoms with Crippen molar-refractivity contribution < 1.29 is 4.74 Å². The molecule has 1 aliphatic carbocycles. The summed E-state index contributed by atoms with van der Waals surface area (Å²) >= 11 is 1.72. The van der Waals surface area contributed by atoms with E-state index in [4.69, 9.17) is 10.5 Å². The van der Waals surface area contributed by atoms with Crippen LogP contribution in [-0.2, 0) is 4.74 Å².